The number of hydrogen-bond donors (Lipinski definition) is 3. The number of pyridine rings is 1. The van der Waals surface area contributed by atoms with Crippen molar-refractivity contribution in [3.05, 3.63) is 70.1 Å². The highest BCUT2D eigenvalue weighted by molar-refractivity contribution is 8.17. The number of anilines is 1. The smallest absolute Gasteiger partial charge is 0.274 e. The van der Waals surface area contributed by atoms with Crippen LogP contribution in [0.3, 0.4) is 0 Å². The molecule has 4 N–H and O–H groups in total. The molecule has 31 heavy (non-hydrogen) atoms. The number of rotatable bonds is 4. The van der Waals surface area contributed by atoms with Crippen LogP contribution in [0, 0.1) is 17.1 Å². The predicted octanol–water partition coefficient (Wildman–Crippen LogP) is 3.67. The quantitative estimate of drug-likeness (QED) is 0.668. The lowest BCUT2D eigenvalue weighted by Crippen LogP contribution is -2.30. The second-order valence-electron chi connectivity index (χ2n) is 7.96. The van der Waals surface area contributed by atoms with Crippen LogP contribution in [0.15, 0.2) is 52.5 Å². The number of aromatic nitrogens is 1. The maximum Gasteiger partial charge on any atom is 0.274 e. The summed E-state index contributed by atoms with van der Waals surface area (Å²) in [6.07, 6.45) is 3.32. The monoisotopic (exact) mass is 439 g/mol. The van der Waals surface area contributed by atoms with Crippen LogP contribution in [-0.4, -0.2) is 26.8 Å². The van der Waals surface area contributed by atoms with Crippen molar-refractivity contribution in [3.8, 4) is 6.07 Å². The van der Waals surface area contributed by atoms with Gasteiger partial charge in [-0.3, -0.25) is 9.79 Å². The number of carbonyl (C=O) groups excluding carboxylic acids is 1. The highest BCUT2D eigenvalue weighted by atomic mass is 32.2. The fourth-order valence-electron chi connectivity index (χ4n) is 3.25. The molecule has 0 fully saturated rings. The number of aliphatic hydroxyl groups is 1. The van der Waals surface area contributed by atoms with Gasteiger partial charge in [0.15, 0.2) is 5.17 Å². The van der Waals surface area contributed by atoms with E-state index in [-0.39, 0.29) is 16.4 Å². The molecule has 1 aromatic heterocycles. The summed E-state index contributed by atoms with van der Waals surface area (Å²) in [5.41, 5.74) is 5.04. The Morgan fingerprint density at radius 1 is 1.42 bits per heavy atom. The third-order valence-corrected chi connectivity index (χ3v) is 5.38. The van der Waals surface area contributed by atoms with Gasteiger partial charge < -0.3 is 16.2 Å². The van der Waals surface area contributed by atoms with Crippen molar-refractivity contribution in [3.63, 3.8) is 0 Å². The Kier molecular flexibility index (Phi) is 6.15. The van der Waals surface area contributed by atoms with E-state index in [0.29, 0.717) is 17.7 Å². The van der Waals surface area contributed by atoms with Gasteiger partial charge in [0.25, 0.3) is 5.91 Å². The van der Waals surface area contributed by atoms with E-state index >= 15 is 0 Å². The molecule has 1 aliphatic rings. The summed E-state index contributed by atoms with van der Waals surface area (Å²) in [7, 11) is 0. The number of halogens is 1. The first-order chi connectivity index (χ1) is 14.5. The van der Waals surface area contributed by atoms with Crippen LogP contribution in [0.25, 0.3) is 0 Å². The van der Waals surface area contributed by atoms with Crippen molar-refractivity contribution in [2.75, 3.05) is 5.32 Å². The molecule has 2 heterocycles. The summed E-state index contributed by atoms with van der Waals surface area (Å²) in [5.74, 6) is -0.972. The van der Waals surface area contributed by atoms with E-state index in [1.165, 1.54) is 48.3 Å². The number of nitrogens with two attached hydrogens (primary N) is 1. The third kappa shape index (κ3) is 5.48. The van der Waals surface area contributed by atoms with Crippen LogP contribution in [0.1, 0.15) is 48.8 Å². The van der Waals surface area contributed by atoms with Crippen LogP contribution < -0.4 is 11.1 Å². The van der Waals surface area contributed by atoms with E-state index in [4.69, 9.17) is 11.0 Å². The van der Waals surface area contributed by atoms with E-state index < -0.39 is 22.9 Å². The predicted molar refractivity (Wildman–Crippen MR) is 119 cm³/mol. The topological polar surface area (TPSA) is 124 Å². The number of nitrogens with one attached hydrogen (secondary N) is 1. The van der Waals surface area contributed by atoms with Crippen molar-refractivity contribution in [1.82, 2.24) is 4.98 Å². The van der Waals surface area contributed by atoms with Crippen LogP contribution in [0.5, 0.6) is 0 Å². The summed E-state index contributed by atoms with van der Waals surface area (Å²) in [5, 5.41) is 21.9. The van der Waals surface area contributed by atoms with Crippen molar-refractivity contribution < 1.29 is 14.3 Å². The lowest BCUT2D eigenvalue weighted by atomic mass is 9.87. The molecule has 1 amide bonds. The number of hydrogen-bond acceptors (Lipinski definition) is 7. The van der Waals surface area contributed by atoms with Crippen LogP contribution in [0.2, 0.25) is 0 Å². The number of carbonyl (C=O) groups is 1. The fraction of sp³-hybridized carbons (Fsp3) is 0.273. The zero-order valence-corrected chi connectivity index (χ0v) is 18.1. The minimum absolute atomic E-state index is 0.128. The number of thioether (sulfide) groups is 1. The summed E-state index contributed by atoms with van der Waals surface area (Å²) in [4.78, 5) is 21.7. The van der Waals surface area contributed by atoms with Gasteiger partial charge in [0, 0.05) is 23.9 Å². The van der Waals surface area contributed by atoms with E-state index in [1.807, 2.05) is 6.07 Å². The summed E-state index contributed by atoms with van der Waals surface area (Å²) in [6, 6.07) is 9.10. The minimum atomic E-state index is -1.05. The minimum Gasteiger partial charge on any atom is -0.386 e. The van der Waals surface area contributed by atoms with Gasteiger partial charge in [-0.25, -0.2) is 9.37 Å². The highest BCUT2D eigenvalue weighted by Crippen LogP contribution is 2.43. The number of nitriles is 1. The van der Waals surface area contributed by atoms with Crippen molar-refractivity contribution in [2.45, 2.75) is 38.3 Å². The lowest BCUT2D eigenvalue weighted by molar-refractivity contribution is 0.102. The Morgan fingerprint density at radius 2 is 2.16 bits per heavy atom. The molecule has 1 aliphatic heterocycles. The zero-order valence-electron chi connectivity index (χ0n) is 17.3. The van der Waals surface area contributed by atoms with Gasteiger partial charge in [0.2, 0.25) is 0 Å². The summed E-state index contributed by atoms with van der Waals surface area (Å²) < 4.78 is 14.8. The molecule has 7 nitrogen and oxygen atoms in total. The van der Waals surface area contributed by atoms with E-state index in [1.54, 1.807) is 26.8 Å². The summed E-state index contributed by atoms with van der Waals surface area (Å²) in [6.45, 7) is 5.05. The molecule has 1 aromatic carbocycles. The Morgan fingerprint density at radius 3 is 2.77 bits per heavy atom. The van der Waals surface area contributed by atoms with Gasteiger partial charge in [-0.1, -0.05) is 11.8 Å². The Bertz CT molecular complexity index is 1120. The maximum atomic E-state index is 14.8. The molecule has 9 heteroatoms. The molecule has 160 valence electrons. The van der Waals surface area contributed by atoms with E-state index in [2.05, 4.69) is 15.3 Å². The van der Waals surface area contributed by atoms with Crippen molar-refractivity contribution in [1.29, 1.82) is 5.26 Å². The van der Waals surface area contributed by atoms with Gasteiger partial charge in [-0.2, -0.15) is 5.26 Å². The maximum absolute atomic E-state index is 14.8. The first-order valence-corrected chi connectivity index (χ1v) is 10.3. The second kappa shape index (κ2) is 8.49. The number of amidine groups is 1. The van der Waals surface area contributed by atoms with Crippen molar-refractivity contribution in [2.24, 2.45) is 10.7 Å². The number of benzene rings is 1. The first kappa shape index (κ1) is 22.5. The van der Waals surface area contributed by atoms with E-state index in [9.17, 15) is 14.3 Å². The molecule has 0 aliphatic carbocycles. The molecule has 0 bridgehead atoms. The molecule has 3 rings (SSSR count). The highest BCUT2D eigenvalue weighted by Gasteiger charge is 2.35. The zero-order chi connectivity index (χ0) is 22.8. The number of nitrogens with zero attached hydrogens (tertiary/aromatic N) is 3. The molecule has 0 saturated heterocycles. The van der Waals surface area contributed by atoms with Crippen LogP contribution >= 0.6 is 11.8 Å². The molecule has 0 unspecified atom stereocenters. The Balaban J connectivity index is 1.91. The molecular weight excluding hydrogens is 417 g/mol. The SMILES string of the molecule is CC(C)(O)/C=C1/C[C@@](C)(c2cc(NC(=O)c3ccc(C#N)cn3)ccc2F)N=C(N)S1. The largest absolute Gasteiger partial charge is 0.386 e. The average Bonchev–Trinajstić information content (AvgIpc) is 2.67. The molecular formula is C22H22FN5O2S. The fourth-order valence-corrected chi connectivity index (χ4v) is 4.47. The lowest BCUT2D eigenvalue weighted by Gasteiger charge is -2.32. The molecule has 0 radical (unpaired) electrons. The average molecular weight is 440 g/mol. The Hall–Kier alpha value is -3.22. The second-order valence-corrected chi connectivity index (χ2v) is 9.11. The van der Waals surface area contributed by atoms with Gasteiger partial charge in [-0.15, -0.1) is 0 Å². The van der Waals surface area contributed by atoms with E-state index in [0.717, 1.165) is 4.91 Å². The standard InChI is InChI=1S/C22H22FN5O2S/c1-21(2,30)9-15-10-22(3,28-20(25)31-15)16-8-14(5-6-17(16)23)27-19(29)18-7-4-13(11-24)12-26-18/h4-9,12,30H,10H2,1-3H3,(H2,25,28)(H,27,29)/b15-9-/t22-/m0/s1. The Labute approximate surface area is 183 Å². The normalized spacial score (nSPS) is 20.1. The third-order valence-electron chi connectivity index (χ3n) is 4.55. The molecule has 1 atom stereocenters. The van der Waals surface area contributed by atoms with Gasteiger partial charge in [0.1, 0.15) is 17.6 Å². The number of aliphatic imine (C=N–C) groups is 1. The van der Waals surface area contributed by atoms with Gasteiger partial charge in [-0.05, 0) is 62.1 Å². The number of amides is 1. The first-order valence-electron chi connectivity index (χ1n) is 9.44. The van der Waals surface area contributed by atoms with Crippen molar-refractivity contribution >= 4 is 28.5 Å². The molecule has 2 aromatic rings. The molecule has 0 spiro atoms. The molecule has 0 saturated carbocycles. The van der Waals surface area contributed by atoms with Crippen LogP contribution in [0.4, 0.5) is 10.1 Å². The van der Waals surface area contributed by atoms with Gasteiger partial charge >= 0.3 is 0 Å². The van der Waals surface area contributed by atoms with Crippen LogP contribution in [-0.2, 0) is 5.54 Å². The van der Waals surface area contributed by atoms with Gasteiger partial charge in [0.05, 0.1) is 16.7 Å². The summed E-state index contributed by atoms with van der Waals surface area (Å²) >= 11 is 1.24.